The van der Waals surface area contributed by atoms with Gasteiger partial charge in [-0.15, -0.1) is 0 Å². The number of hydrogen-bond acceptors (Lipinski definition) is 2. The fourth-order valence-electron chi connectivity index (χ4n) is 1.74. The van der Waals surface area contributed by atoms with E-state index in [4.69, 9.17) is 11.6 Å². The van der Waals surface area contributed by atoms with Crippen molar-refractivity contribution in [1.29, 1.82) is 0 Å². The number of hydrogen-bond donors (Lipinski definition) is 3. The number of halogens is 2. The van der Waals surface area contributed by atoms with Crippen LogP contribution in [0.1, 0.15) is 26.7 Å². The summed E-state index contributed by atoms with van der Waals surface area (Å²) < 4.78 is 0.777. The molecule has 1 aromatic carbocycles. The second-order valence-corrected chi connectivity index (χ2v) is 5.90. The predicted molar refractivity (Wildman–Crippen MR) is 87.3 cm³/mol. The summed E-state index contributed by atoms with van der Waals surface area (Å²) >= 11 is 7.88. The van der Waals surface area contributed by atoms with Crippen LogP contribution in [0.25, 0.3) is 0 Å². The summed E-state index contributed by atoms with van der Waals surface area (Å²) in [7, 11) is 0. The Kier molecular flexibility index (Phi) is 6.07. The highest BCUT2D eigenvalue weighted by atomic mass is 127. The Hall–Kier alpha value is -1.02. The molecule has 0 unspecified atom stereocenters. The van der Waals surface area contributed by atoms with Crippen molar-refractivity contribution in [2.45, 2.75) is 32.2 Å². The molecular formula is C13H16ClIN2O3. The van der Waals surface area contributed by atoms with Crippen LogP contribution in [0.5, 0.6) is 0 Å². The Morgan fingerprint density at radius 2 is 1.95 bits per heavy atom. The minimum absolute atomic E-state index is 0.309. The second kappa shape index (κ2) is 7.12. The number of nitrogens with one attached hydrogen (secondary N) is 2. The van der Waals surface area contributed by atoms with Crippen LogP contribution in [-0.4, -0.2) is 22.6 Å². The molecule has 3 N–H and O–H groups in total. The number of carboxylic acid groups (broad SMARTS) is 1. The maximum atomic E-state index is 12.0. The van der Waals surface area contributed by atoms with Crippen LogP contribution in [0.3, 0.4) is 0 Å². The monoisotopic (exact) mass is 410 g/mol. The summed E-state index contributed by atoms with van der Waals surface area (Å²) in [5, 5.41) is 15.0. The van der Waals surface area contributed by atoms with E-state index in [1.54, 1.807) is 32.0 Å². The van der Waals surface area contributed by atoms with Gasteiger partial charge in [-0.2, -0.15) is 0 Å². The number of urea groups is 1. The molecule has 0 atom stereocenters. The van der Waals surface area contributed by atoms with E-state index in [-0.39, 0.29) is 0 Å². The number of carbonyl (C=O) groups excluding carboxylic acids is 1. The molecule has 0 radical (unpaired) electrons. The van der Waals surface area contributed by atoms with Gasteiger partial charge in [0.15, 0.2) is 0 Å². The molecule has 0 saturated carbocycles. The molecule has 0 bridgehead atoms. The lowest BCUT2D eigenvalue weighted by Crippen LogP contribution is -2.55. The van der Waals surface area contributed by atoms with Crippen LogP contribution in [0.2, 0.25) is 5.02 Å². The van der Waals surface area contributed by atoms with Crippen LogP contribution in [-0.2, 0) is 4.79 Å². The molecule has 5 nitrogen and oxygen atoms in total. The number of aliphatic carboxylic acids is 1. The van der Waals surface area contributed by atoms with Crippen molar-refractivity contribution in [2.75, 3.05) is 5.32 Å². The summed E-state index contributed by atoms with van der Waals surface area (Å²) in [5.41, 5.74) is -0.666. The lowest BCUT2D eigenvalue weighted by atomic mass is 9.93. The third-order valence-electron chi connectivity index (χ3n) is 3.15. The lowest BCUT2D eigenvalue weighted by Gasteiger charge is -2.28. The van der Waals surface area contributed by atoms with E-state index < -0.39 is 17.5 Å². The predicted octanol–water partition coefficient (Wildman–Crippen LogP) is 3.71. The Morgan fingerprint density at radius 1 is 1.35 bits per heavy atom. The van der Waals surface area contributed by atoms with E-state index in [2.05, 4.69) is 10.6 Å². The molecule has 0 spiro atoms. The second-order valence-electron chi connectivity index (χ2n) is 4.30. The van der Waals surface area contributed by atoms with Crippen molar-refractivity contribution in [3.05, 3.63) is 26.8 Å². The van der Waals surface area contributed by atoms with E-state index in [0.29, 0.717) is 23.6 Å². The summed E-state index contributed by atoms with van der Waals surface area (Å²) in [6, 6.07) is 4.49. The van der Waals surface area contributed by atoms with Crippen molar-refractivity contribution in [3.63, 3.8) is 0 Å². The molecule has 2 amide bonds. The zero-order chi connectivity index (χ0) is 15.3. The van der Waals surface area contributed by atoms with Gasteiger partial charge in [0.1, 0.15) is 5.54 Å². The first-order valence-electron chi connectivity index (χ1n) is 6.12. The minimum Gasteiger partial charge on any atom is -0.480 e. The third-order valence-corrected chi connectivity index (χ3v) is 4.28. The van der Waals surface area contributed by atoms with E-state index in [0.717, 1.165) is 3.57 Å². The molecule has 1 rings (SSSR count). The first-order chi connectivity index (χ1) is 9.34. The van der Waals surface area contributed by atoms with Crippen LogP contribution in [0.4, 0.5) is 10.5 Å². The molecule has 0 aliphatic carbocycles. The summed E-state index contributed by atoms with van der Waals surface area (Å²) in [6.45, 7) is 3.45. The Morgan fingerprint density at radius 3 is 2.40 bits per heavy atom. The summed E-state index contributed by atoms with van der Waals surface area (Å²) in [6.07, 6.45) is 0.619. The normalized spacial score (nSPS) is 11.0. The zero-order valence-electron chi connectivity index (χ0n) is 11.2. The summed E-state index contributed by atoms with van der Waals surface area (Å²) in [4.78, 5) is 23.3. The van der Waals surface area contributed by atoms with Gasteiger partial charge in [-0.1, -0.05) is 25.4 Å². The van der Waals surface area contributed by atoms with E-state index in [9.17, 15) is 14.7 Å². The fourth-order valence-corrected chi connectivity index (χ4v) is 2.75. The van der Waals surface area contributed by atoms with Gasteiger partial charge in [0, 0.05) is 8.59 Å². The Bertz CT molecular complexity index is 518. The van der Waals surface area contributed by atoms with Gasteiger partial charge in [0.25, 0.3) is 0 Å². The van der Waals surface area contributed by atoms with Gasteiger partial charge in [0.05, 0.1) is 5.69 Å². The Balaban J connectivity index is 2.83. The first-order valence-corrected chi connectivity index (χ1v) is 7.58. The van der Waals surface area contributed by atoms with E-state index in [1.165, 1.54) is 0 Å². The van der Waals surface area contributed by atoms with Gasteiger partial charge in [-0.3, -0.25) is 0 Å². The number of benzene rings is 1. The van der Waals surface area contributed by atoms with Gasteiger partial charge in [0.2, 0.25) is 0 Å². The van der Waals surface area contributed by atoms with E-state index >= 15 is 0 Å². The molecule has 0 fully saturated rings. The largest absolute Gasteiger partial charge is 0.480 e. The van der Waals surface area contributed by atoms with Crippen molar-refractivity contribution >= 4 is 51.9 Å². The first kappa shape index (κ1) is 17.0. The molecule has 0 saturated heterocycles. The van der Waals surface area contributed by atoms with Crippen LogP contribution >= 0.6 is 34.2 Å². The number of amides is 2. The van der Waals surface area contributed by atoms with E-state index in [1.807, 2.05) is 22.6 Å². The van der Waals surface area contributed by atoms with Crippen molar-refractivity contribution in [3.8, 4) is 0 Å². The van der Waals surface area contributed by atoms with Crippen molar-refractivity contribution in [1.82, 2.24) is 5.32 Å². The average Bonchev–Trinajstić information content (AvgIpc) is 2.39. The maximum Gasteiger partial charge on any atom is 0.329 e. The molecule has 0 aliphatic rings. The molecule has 0 aromatic heterocycles. The molecule has 7 heteroatoms. The molecule has 1 aromatic rings. The van der Waals surface area contributed by atoms with Gasteiger partial charge < -0.3 is 15.7 Å². The average molecular weight is 411 g/mol. The zero-order valence-corrected chi connectivity index (χ0v) is 14.1. The van der Waals surface area contributed by atoms with Crippen molar-refractivity contribution < 1.29 is 14.7 Å². The molecule has 0 heterocycles. The van der Waals surface area contributed by atoms with Gasteiger partial charge >= 0.3 is 12.0 Å². The van der Waals surface area contributed by atoms with Crippen LogP contribution in [0, 0.1) is 3.57 Å². The van der Waals surface area contributed by atoms with Crippen molar-refractivity contribution in [2.24, 2.45) is 0 Å². The molecule has 0 aliphatic heterocycles. The third kappa shape index (κ3) is 3.99. The topological polar surface area (TPSA) is 78.4 Å². The SMILES string of the molecule is CCC(CC)(NC(=O)Nc1ccc(Cl)cc1I)C(=O)O. The molecular weight excluding hydrogens is 395 g/mol. The van der Waals surface area contributed by atoms with Gasteiger partial charge in [-0.05, 0) is 53.6 Å². The highest BCUT2D eigenvalue weighted by Crippen LogP contribution is 2.23. The number of carbonyl (C=O) groups is 2. The number of carboxylic acids is 1. The smallest absolute Gasteiger partial charge is 0.329 e. The van der Waals surface area contributed by atoms with Gasteiger partial charge in [-0.25, -0.2) is 9.59 Å². The molecule has 110 valence electrons. The maximum absolute atomic E-state index is 12.0. The highest BCUT2D eigenvalue weighted by molar-refractivity contribution is 14.1. The summed E-state index contributed by atoms with van der Waals surface area (Å²) in [5.74, 6) is -1.04. The quantitative estimate of drug-likeness (QED) is 0.648. The minimum atomic E-state index is -1.25. The fraction of sp³-hybridized carbons (Fsp3) is 0.385. The standard InChI is InChI=1S/C13H16ClIN2O3/c1-3-13(4-2,11(18)19)17-12(20)16-10-6-5-8(14)7-9(10)15/h5-7H,3-4H2,1-2H3,(H,18,19)(H2,16,17,20). The number of rotatable bonds is 5. The van der Waals surface area contributed by atoms with Crippen LogP contribution < -0.4 is 10.6 Å². The highest BCUT2D eigenvalue weighted by Gasteiger charge is 2.36. The molecule has 20 heavy (non-hydrogen) atoms. The van der Waals surface area contributed by atoms with Crippen LogP contribution in [0.15, 0.2) is 18.2 Å². The number of anilines is 1. The Labute approximate surface area is 136 Å². The lowest BCUT2D eigenvalue weighted by molar-refractivity contribution is -0.144.